The first-order valence-electron chi connectivity index (χ1n) is 9.42. The number of anilines is 1. The highest BCUT2D eigenvalue weighted by atomic mass is 35.5. The number of fused-ring (bicyclic) bond motifs is 5. The van der Waals surface area contributed by atoms with Crippen LogP contribution in [0.2, 0.25) is 5.02 Å². The van der Waals surface area contributed by atoms with E-state index in [1.807, 2.05) is 6.92 Å². The minimum Gasteiger partial charge on any atom is -0.454 e. The van der Waals surface area contributed by atoms with Gasteiger partial charge in [0.15, 0.2) is 6.61 Å². The van der Waals surface area contributed by atoms with Gasteiger partial charge in [-0.3, -0.25) is 24.1 Å². The Morgan fingerprint density at radius 3 is 2.43 bits per heavy atom. The third-order valence-electron chi connectivity index (χ3n) is 6.13. The van der Waals surface area contributed by atoms with Gasteiger partial charge in [0.2, 0.25) is 11.8 Å². The zero-order chi connectivity index (χ0) is 20.0. The van der Waals surface area contributed by atoms with Crippen LogP contribution in [0.25, 0.3) is 0 Å². The first-order chi connectivity index (χ1) is 13.3. The summed E-state index contributed by atoms with van der Waals surface area (Å²) in [5, 5.41) is 3.09. The summed E-state index contributed by atoms with van der Waals surface area (Å²) in [6.45, 7) is 0.905. The van der Waals surface area contributed by atoms with Crippen LogP contribution in [0.3, 0.4) is 0 Å². The molecule has 8 heteroatoms. The summed E-state index contributed by atoms with van der Waals surface area (Å²) in [4.78, 5) is 50.2. The average molecular weight is 405 g/mol. The van der Waals surface area contributed by atoms with Crippen LogP contribution in [0.4, 0.5) is 5.69 Å². The van der Waals surface area contributed by atoms with Gasteiger partial charge in [0.25, 0.3) is 5.91 Å². The largest absolute Gasteiger partial charge is 0.454 e. The van der Waals surface area contributed by atoms with Crippen molar-refractivity contribution >= 4 is 41.0 Å². The summed E-state index contributed by atoms with van der Waals surface area (Å²) in [6.07, 6.45) is 2.90. The number of aryl methyl sites for hydroxylation is 1. The molecule has 2 saturated carbocycles. The Hall–Kier alpha value is -2.41. The van der Waals surface area contributed by atoms with Gasteiger partial charge in [-0.1, -0.05) is 17.7 Å². The molecule has 4 unspecified atom stereocenters. The van der Waals surface area contributed by atoms with Crippen molar-refractivity contribution in [2.45, 2.75) is 26.2 Å². The lowest BCUT2D eigenvalue weighted by atomic mass is 9.81. The van der Waals surface area contributed by atoms with Crippen LogP contribution in [0.5, 0.6) is 0 Å². The number of likely N-dealkylation sites (tertiary alicyclic amines) is 1. The molecule has 1 N–H and O–H groups in total. The first kappa shape index (κ1) is 18.9. The highest BCUT2D eigenvalue weighted by molar-refractivity contribution is 6.31. The lowest BCUT2D eigenvalue weighted by molar-refractivity contribution is -0.154. The normalized spacial score (nSPS) is 27.9. The van der Waals surface area contributed by atoms with E-state index < -0.39 is 25.0 Å². The Morgan fingerprint density at radius 2 is 1.82 bits per heavy atom. The Bertz CT molecular complexity index is 842. The zero-order valence-corrected chi connectivity index (χ0v) is 16.2. The van der Waals surface area contributed by atoms with Crippen molar-refractivity contribution in [3.05, 3.63) is 28.8 Å². The highest BCUT2D eigenvalue weighted by Gasteiger charge is 2.61. The van der Waals surface area contributed by atoms with Crippen LogP contribution in [0.15, 0.2) is 18.2 Å². The lowest BCUT2D eigenvalue weighted by Gasteiger charge is -2.19. The van der Waals surface area contributed by atoms with E-state index in [4.69, 9.17) is 16.3 Å². The fourth-order valence-electron chi connectivity index (χ4n) is 4.81. The number of amides is 3. The average Bonchev–Trinajstić information content (AvgIpc) is 3.33. The van der Waals surface area contributed by atoms with E-state index in [2.05, 4.69) is 5.32 Å². The number of nitrogens with one attached hydrogen (secondary N) is 1. The van der Waals surface area contributed by atoms with Gasteiger partial charge < -0.3 is 10.1 Å². The number of hydrogen-bond donors (Lipinski definition) is 1. The molecule has 28 heavy (non-hydrogen) atoms. The molecule has 3 amide bonds. The number of halogens is 1. The molecule has 1 saturated heterocycles. The van der Waals surface area contributed by atoms with Gasteiger partial charge in [0.05, 0.1) is 11.8 Å². The summed E-state index contributed by atoms with van der Waals surface area (Å²) < 4.78 is 4.95. The number of esters is 1. The summed E-state index contributed by atoms with van der Waals surface area (Å²) in [7, 11) is 0. The van der Waals surface area contributed by atoms with E-state index in [1.165, 1.54) is 0 Å². The molecule has 1 aromatic carbocycles. The number of benzene rings is 1. The summed E-state index contributed by atoms with van der Waals surface area (Å²) >= 11 is 6.01. The van der Waals surface area contributed by atoms with Gasteiger partial charge in [0.1, 0.15) is 6.54 Å². The second-order valence-corrected chi connectivity index (χ2v) is 8.23. The van der Waals surface area contributed by atoms with Crippen LogP contribution in [0.1, 0.15) is 24.8 Å². The third kappa shape index (κ3) is 3.28. The van der Waals surface area contributed by atoms with Crippen molar-refractivity contribution in [3.63, 3.8) is 0 Å². The molecule has 4 rings (SSSR count). The van der Waals surface area contributed by atoms with Gasteiger partial charge >= 0.3 is 5.97 Å². The molecule has 3 aliphatic rings. The minimum absolute atomic E-state index is 0.264. The second-order valence-electron chi connectivity index (χ2n) is 7.82. The molecular formula is C20H21ClN2O5. The molecule has 0 radical (unpaired) electrons. The molecule has 148 valence electrons. The maximum atomic E-state index is 12.6. The van der Waals surface area contributed by atoms with Gasteiger partial charge in [-0.15, -0.1) is 0 Å². The van der Waals surface area contributed by atoms with Gasteiger partial charge in [-0.25, -0.2) is 0 Å². The van der Waals surface area contributed by atoms with Crippen molar-refractivity contribution in [2.75, 3.05) is 18.5 Å². The monoisotopic (exact) mass is 404 g/mol. The number of hydrogen-bond acceptors (Lipinski definition) is 5. The van der Waals surface area contributed by atoms with Crippen molar-refractivity contribution in [1.29, 1.82) is 0 Å². The molecule has 7 nitrogen and oxygen atoms in total. The van der Waals surface area contributed by atoms with E-state index in [9.17, 15) is 19.2 Å². The summed E-state index contributed by atoms with van der Waals surface area (Å²) in [6, 6.07) is 5.05. The predicted octanol–water partition coefficient (Wildman–Crippen LogP) is 2.16. The fourth-order valence-corrected chi connectivity index (χ4v) is 5.00. The molecule has 0 aromatic heterocycles. The Labute approximate surface area is 167 Å². The molecule has 2 aliphatic carbocycles. The van der Waals surface area contributed by atoms with Gasteiger partial charge in [-0.05, 0) is 55.7 Å². The molecule has 3 fully saturated rings. The Kier molecular flexibility index (Phi) is 4.87. The van der Waals surface area contributed by atoms with E-state index >= 15 is 0 Å². The summed E-state index contributed by atoms with van der Waals surface area (Å²) in [5.41, 5.74) is 1.37. The van der Waals surface area contributed by atoms with E-state index in [0.717, 1.165) is 29.7 Å². The molecule has 1 aromatic rings. The van der Waals surface area contributed by atoms with Crippen LogP contribution in [0, 0.1) is 30.6 Å². The maximum Gasteiger partial charge on any atom is 0.326 e. The number of rotatable bonds is 5. The minimum atomic E-state index is -0.772. The molecule has 2 bridgehead atoms. The Balaban J connectivity index is 1.29. The summed E-state index contributed by atoms with van der Waals surface area (Å²) in [5.74, 6) is -1.84. The molecule has 1 heterocycles. The van der Waals surface area contributed by atoms with Crippen molar-refractivity contribution in [3.8, 4) is 0 Å². The molecule has 4 atom stereocenters. The van der Waals surface area contributed by atoms with Gasteiger partial charge in [0, 0.05) is 10.7 Å². The Morgan fingerprint density at radius 1 is 1.18 bits per heavy atom. The van der Waals surface area contributed by atoms with Crippen LogP contribution in [-0.2, 0) is 23.9 Å². The number of carbonyl (C=O) groups is 4. The molecule has 1 aliphatic heterocycles. The molecule has 0 spiro atoms. The van der Waals surface area contributed by atoms with Crippen LogP contribution in [-0.4, -0.2) is 41.7 Å². The number of imide groups is 1. The quantitative estimate of drug-likeness (QED) is 0.599. The third-order valence-corrected chi connectivity index (χ3v) is 6.53. The van der Waals surface area contributed by atoms with Crippen LogP contribution < -0.4 is 5.32 Å². The standard InChI is InChI=1S/C20H21ClN2O5/c1-10-2-5-13(7-14(10)21)22-15(24)9-28-16(25)8-23-19(26)17-11-3-4-12(6-11)18(17)20(23)27/h2,5,7,11-12,17-18H,3-4,6,8-9H2,1H3,(H,22,24). The molecular weight excluding hydrogens is 384 g/mol. The van der Waals surface area contributed by atoms with E-state index in [-0.39, 0.29) is 35.5 Å². The highest BCUT2D eigenvalue weighted by Crippen LogP contribution is 2.56. The number of ether oxygens (including phenoxy) is 1. The number of carbonyl (C=O) groups excluding carboxylic acids is 4. The van der Waals surface area contributed by atoms with Gasteiger partial charge in [-0.2, -0.15) is 0 Å². The zero-order valence-electron chi connectivity index (χ0n) is 15.4. The van der Waals surface area contributed by atoms with Crippen molar-refractivity contribution in [2.24, 2.45) is 23.7 Å². The first-order valence-corrected chi connectivity index (χ1v) is 9.80. The van der Waals surface area contributed by atoms with E-state index in [0.29, 0.717) is 10.7 Å². The topological polar surface area (TPSA) is 92.8 Å². The smallest absolute Gasteiger partial charge is 0.326 e. The van der Waals surface area contributed by atoms with E-state index in [1.54, 1.807) is 18.2 Å². The van der Waals surface area contributed by atoms with Crippen LogP contribution >= 0.6 is 11.6 Å². The predicted molar refractivity (Wildman–Crippen MR) is 100 cm³/mol. The SMILES string of the molecule is Cc1ccc(NC(=O)COC(=O)CN2C(=O)C3C4CCC(C4)C3C2=O)cc1Cl. The van der Waals surface area contributed by atoms with Crippen molar-refractivity contribution < 1.29 is 23.9 Å². The lowest BCUT2D eigenvalue weighted by Crippen LogP contribution is -2.38. The number of nitrogens with zero attached hydrogens (tertiary/aromatic N) is 1. The maximum absolute atomic E-state index is 12.6. The second kappa shape index (κ2) is 7.20. The van der Waals surface area contributed by atoms with Crippen molar-refractivity contribution in [1.82, 2.24) is 4.90 Å². The fraction of sp³-hybridized carbons (Fsp3) is 0.500.